The number of nitrogens with zero attached hydrogens (tertiary/aromatic N) is 1. The van der Waals surface area contributed by atoms with E-state index in [2.05, 4.69) is 4.98 Å². The minimum Gasteiger partial charge on any atom is -0.481 e. The van der Waals surface area contributed by atoms with Crippen LogP contribution in [-0.2, 0) is 10.2 Å². The Morgan fingerprint density at radius 3 is 2.61 bits per heavy atom. The van der Waals surface area contributed by atoms with E-state index in [1.54, 1.807) is 6.20 Å². The van der Waals surface area contributed by atoms with Crippen LogP contribution in [0.3, 0.4) is 0 Å². The number of aliphatic hydroxyl groups excluding tert-OH is 1. The second-order valence-corrected chi connectivity index (χ2v) is 6.64. The molecule has 1 saturated carbocycles. The molecule has 2 N–H and O–H groups in total. The number of aliphatic hydroxyl groups is 1. The highest BCUT2D eigenvalue weighted by atomic mass is 32.1. The van der Waals surface area contributed by atoms with E-state index in [1.807, 2.05) is 26.2 Å². The van der Waals surface area contributed by atoms with Crippen molar-refractivity contribution in [2.24, 2.45) is 11.3 Å². The van der Waals surface area contributed by atoms with Gasteiger partial charge in [0.1, 0.15) is 5.01 Å². The topological polar surface area (TPSA) is 70.4 Å². The van der Waals surface area contributed by atoms with Crippen molar-refractivity contribution in [3.8, 4) is 0 Å². The lowest BCUT2D eigenvalue weighted by molar-refractivity contribution is -0.156. The van der Waals surface area contributed by atoms with Crippen LogP contribution >= 0.6 is 11.3 Å². The van der Waals surface area contributed by atoms with Crippen molar-refractivity contribution < 1.29 is 15.0 Å². The molecule has 0 amide bonds. The van der Waals surface area contributed by atoms with Crippen molar-refractivity contribution >= 4 is 17.3 Å². The van der Waals surface area contributed by atoms with Gasteiger partial charge in [-0.2, -0.15) is 0 Å². The highest BCUT2D eigenvalue weighted by Gasteiger charge is 2.57. The van der Waals surface area contributed by atoms with Gasteiger partial charge in [-0.1, -0.05) is 20.8 Å². The molecule has 1 aromatic heterocycles. The molecule has 1 aliphatic carbocycles. The zero-order valence-corrected chi connectivity index (χ0v) is 11.7. The number of carbonyl (C=O) groups is 1. The quantitative estimate of drug-likeness (QED) is 0.864. The van der Waals surface area contributed by atoms with E-state index < -0.39 is 28.8 Å². The van der Waals surface area contributed by atoms with Gasteiger partial charge >= 0.3 is 5.97 Å². The van der Waals surface area contributed by atoms with Gasteiger partial charge in [0.25, 0.3) is 0 Å². The Balaban J connectivity index is 2.51. The summed E-state index contributed by atoms with van der Waals surface area (Å²) in [5, 5.41) is 22.5. The number of carboxylic acid groups (broad SMARTS) is 1. The third-order valence-electron chi connectivity index (χ3n) is 4.78. The molecule has 1 aliphatic rings. The Bertz CT molecular complexity index is 443. The Morgan fingerprint density at radius 2 is 2.11 bits per heavy atom. The summed E-state index contributed by atoms with van der Waals surface area (Å²) in [7, 11) is 0. The van der Waals surface area contributed by atoms with E-state index in [1.165, 1.54) is 11.3 Å². The van der Waals surface area contributed by atoms with E-state index >= 15 is 0 Å². The summed E-state index contributed by atoms with van der Waals surface area (Å²) in [5.41, 5.74) is -1.14. The SMILES string of the molecule is CC1(C)C(C(=O)O)CCC(O)C1(C)c1nccs1. The minimum absolute atomic E-state index is 0.449. The molecule has 2 rings (SSSR count). The summed E-state index contributed by atoms with van der Waals surface area (Å²) in [6, 6.07) is 0. The molecule has 3 unspecified atom stereocenters. The van der Waals surface area contributed by atoms with Crippen molar-refractivity contribution in [3.63, 3.8) is 0 Å². The standard InChI is InChI=1S/C13H19NO3S/c1-12(2)8(10(16)17)4-5-9(15)13(12,3)11-14-6-7-18-11/h6-9,15H,4-5H2,1-3H3,(H,16,17). The highest BCUT2D eigenvalue weighted by Crippen LogP contribution is 2.55. The van der Waals surface area contributed by atoms with Crippen LogP contribution < -0.4 is 0 Å². The first kappa shape index (κ1) is 13.5. The monoisotopic (exact) mass is 269 g/mol. The number of hydrogen-bond acceptors (Lipinski definition) is 4. The largest absolute Gasteiger partial charge is 0.481 e. The van der Waals surface area contributed by atoms with Crippen molar-refractivity contribution in [3.05, 3.63) is 16.6 Å². The van der Waals surface area contributed by atoms with Crippen LogP contribution in [0, 0.1) is 11.3 Å². The number of thiazole rings is 1. The molecule has 5 heteroatoms. The molecular weight excluding hydrogens is 250 g/mol. The number of rotatable bonds is 2. The average molecular weight is 269 g/mol. The predicted octanol–water partition coefficient (Wildman–Crippen LogP) is 2.28. The zero-order valence-electron chi connectivity index (χ0n) is 10.9. The first-order chi connectivity index (χ1) is 8.31. The van der Waals surface area contributed by atoms with Crippen molar-refractivity contribution in [2.45, 2.75) is 45.1 Å². The van der Waals surface area contributed by atoms with Gasteiger partial charge in [0.05, 0.1) is 17.4 Å². The lowest BCUT2D eigenvalue weighted by Gasteiger charge is -2.52. The fourth-order valence-electron chi connectivity index (χ4n) is 3.10. The van der Waals surface area contributed by atoms with Crippen LogP contribution in [0.4, 0.5) is 0 Å². The summed E-state index contributed by atoms with van der Waals surface area (Å²) in [6.45, 7) is 5.79. The first-order valence-electron chi connectivity index (χ1n) is 6.12. The molecule has 0 bridgehead atoms. The lowest BCUT2D eigenvalue weighted by atomic mass is 9.53. The van der Waals surface area contributed by atoms with E-state index in [4.69, 9.17) is 0 Å². The molecule has 0 aromatic carbocycles. The van der Waals surface area contributed by atoms with E-state index in [9.17, 15) is 15.0 Å². The third kappa shape index (κ3) is 1.68. The third-order valence-corrected chi connectivity index (χ3v) is 5.79. The molecule has 0 spiro atoms. The summed E-state index contributed by atoms with van der Waals surface area (Å²) in [6.07, 6.45) is 2.19. The van der Waals surface area contributed by atoms with Gasteiger partial charge < -0.3 is 10.2 Å². The van der Waals surface area contributed by atoms with Crippen molar-refractivity contribution in [2.75, 3.05) is 0 Å². The average Bonchev–Trinajstić information content (AvgIpc) is 2.78. The van der Waals surface area contributed by atoms with Gasteiger partial charge in [-0.15, -0.1) is 11.3 Å². The van der Waals surface area contributed by atoms with Gasteiger partial charge in [-0.25, -0.2) is 4.98 Å². The van der Waals surface area contributed by atoms with Gasteiger partial charge in [0.2, 0.25) is 0 Å². The van der Waals surface area contributed by atoms with Crippen LogP contribution in [-0.4, -0.2) is 27.3 Å². The number of carboxylic acids is 1. The molecule has 3 atom stereocenters. The van der Waals surface area contributed by atoms with E-state index in [0.29, 0.717) is 12.8 Å². The molecule has 0 saturated heterocycles. The number of hydrogen-bond donors (Lipinski definition) is 2. The Morgan fingerprint density at radius 1 is 1.44 bits per heavy atom. The lowest BCUT2D eigenvalue weighted by Crippen LogP contribution is -2.57. The van der Waals surface area contributed by atoms with Gasteiger partial charge in [0, 0.05) is 11.6 Å². The number of aliphatic carboxylic acids is 1. The fourth-order valence-corrected chi connectivity index (χ4v) is 4.11. The van der Waals surface area contributed by atoms with E-state index in [0.717, 1.165) is 5.01 Å². The summed E-state index contributed by atoms with van der Waals surface area (Å²) in [4.78, 5) is 15.8. The smallest absolute Gasteiger partial charge is 0.307 e. The first-order valence-corrected chi connectivity index (χ1v) is 7.00. The van der Waals surface area contributed by atoms with Crippen LogP contribution in [0.1, 0.15) is 38.6 Å². The molecule has 1 fully saturated rings. The highest BCUT2D eigenvalue weighted by molar-refractivity contribution is 7.09. The molecule has 0 radical (unpaired) electrons. The molecular formula is C13H19NO3S. The Kier molecular flexibility index (Phi) is 3.23. The molecule has 18 heavy (non-hydrogen) atoms. The van der Waals surface area contributed by atoms with Crippen molar-refractivity contribution in [1.29, 1.82) is 0 Å². The second kappa shape index (κ2) is 4.31. The van der Waals surface area contributed by atoms with Gasteiger partial charge in [0.15, 0.2) is 0 Å². The van der Waals surface area contributed by atoms with Crippen LogP contribution in [0.25, 0.3) is 0 Å². The van der Waals surface area contributed by atoms with E-state index in [-0.39, 0.29) is 0 Å². The maximum atomic E-state index is 11.4. The molecule has 1 heterocycles. The van der Waals surface area contributed by atoms with Crippen LogP contribution in [0.15, 0.2) is 11.6 Å². The number of aromatic nitrogens is 1. The van der Waals surface area contributed by atoms with Gasteiger partial charge in [-0.3, -0.25) is 4.79 Å². The maximum Gasteiger partial charge on any atom is 0.307 e. The summed E-state index contributed by atoms with van der Waals surface area (Å²) >= 11 is 1.48. The summed E-state index contributed by atoms with van der Waals surface area (Å²) in [5.74, 6) is -1.23. The molecule has 4 nitrogen and oxygen atoms in total. The van der Waals surface area contributed by atoms with Crippen LogP contribution in [0.2, 0.25) is 0 Å². The fraction of sp³-hybridized carbons (Fsp3) is 0.692. The Hall–Kier alpha value is -0.940. The Labute approximate surface area is 111 Å². The predicted molar refractivity (Wildman–Crippen MR) is 69.6 cm³/mol. The summed E-state index contributed by atoms with van der Waals surface area (Å²) < 4.78 is 0. The van der Waals surface area contributed by atoms with Crippen LogP contribution in [0.5, 0.6) is 0 Å². The van der Waals surface area contributed by atoms with Gasteiger partial charge in [-0.05, 0) is 18.3 Å². The minimum atomic E-state index is -0.783. The molecule has 1 aromatic rings. The normalized spacial score (nSPS) is 35.3. The zero-order chi connectivity index (χ0) is 13.6. The second-order valence-electron chi connectivity index (χ2n) is 5.75. The van der Waals surface area contributed by atoms with Crippen molar-refractivity contribution in [1.82, 2.24) is 4.98 Å². The maximum absolute atomic E-state index is 11.4. The molecule has 100 valence electrons. The molecule has 0 aliphatic heterocycles.